The van der Waals surface area contributed by atoms with Gasteiger partial charge in [-0.3, -0.25) is 14.2 Å². The summed E-state index contributed by atoms with van der Waals surface area (Å²) in [5.74, 6) is -0.923. The average Bonchev–Trinajstić information content (AvgIpc) is 3.13. The lowest BCUT2D eigenvalue weighted by molar-refractivity contribution is -0.870. The number of esters is 2. The number of rotatable bonds is 38. The van der Waals surface area contributed by atoms with Crippen LogP contribution in [0.3, 0.4) is 0 Å². The monoisotopic (exact) mass is 798 g/mol. The lowest BCUT2D eigenvalue weighted by atomic mass is 10.0. The molecular weight excluding hydrogens is 717 g/mol. The van der Waals surface area contributed by atoms with Gasteiger partial charge in [0, 0.05) is 12.8 Å². The number of hydrogen-bond donors (Lipinski definition) is 1. The molecule has 0 aromatic rings. The molecule has 0 saturated heterocycles. The number of allylic oxidation sites excluding steroid dienone is 7. The third kappa shape index (κ3) is 39.9. The molecule has 0 amide bonds. The van der Waals surface area contributed by atoms with Gasteiger partial charge < -0.3 is 33.0 Å². The van der Waals surface area contributed by atoms with Gasteiger partial charge in [-0.1, -0.05) is 152 Å². The van der Waals surface area contributed by atoms with Gasteiger partial charge in [-0.15, -0.1) is 0 Å². The van der Waals surface area contributed by atoms with Crippen molar-refractivity contribution in [1.82, 2.24) is 0 Å². The molecule has 0 heterocycles. The van der Waals surface area contributed by atoms with Crippen molar-refractivity contribution in [1.29, 1.82) is 0 Å². The summed E-state index contributed by atoms with van der Waals surface area (Å²) in [6.07, 6.45) is 37.6. The molecule has 0 fully saturated rings. The van der Waals surface area contributed by atoms with Gasteiger partial charge in [0.1, 0.15) is 19.8 Å². The van der Waals surface area contributed by atoms with Crippen molar-refractivity contribution in [3.8, 4) is 0 Å². The quantitative estimate of drug-likeness (QED) is 0.0213. The molecule has 0 rings (SSSR count). The number of carbonyl (C=O) groups excluding carboxylic acids is 2. The van der Waals surface area contributed by atoms with Gasteiger partial charge in [0.25, 0.3) is 7.82 Å². The third-order valence-corrected chi connectivity index (χ3v) is 9.89. The second-order valence-electron chi connectivity index (χ2n) is 15.5. The van der Waals surface area contributed by atoms with E-state index in [-0.39, 0.29) is 32.2 Å². The van der Waals surface area contributed by atoms with Crippen molar-refractivity contribution in [2.24, 2.45) is 0 Å². The van der Waals surface area contributed by atoms with E-state index in [0.717, 1.165) is 57.8 Å². The maximum absolute atomic E-state index is 12.6. The Morgan fingerprint density at radius 1 is 0.655 bits per heavy atom. The predicted molar refractivity (Wildman–Crippen MR) is 223 cm³/mol. The predicted octanol–water partition coefficient (Wildman–Crippen LogP) is 10.2. The number of hydrogen-bond acceptors (Lipinski definition) is 9. The largest absolute Gasteiger partial charge is 0.756 e. The highest BCUT2D eigenvalue weighted by Crippen LogP contribution is 2.38. The van der Waals surface area contributed by atoms with E-state index in [4.69, 9.17) is 18.5 Å². The van der Waals surface area contributed by atoms with E-state index in [0.29, 0.717) is 23.9 Å². The van der Waals surface area contributed by atoms with Crippen LogP contribution in [0.25, 0.3) is 0 Å². The van der Waals surface area contributed by atoms with Gasteiger partial charge >= 0.3 is 11.9 Å². The van der Waals surface area contributed by atoms with Crippen molar-refractivity contribution in [3.05, 3.63) is 48.6 Å². The van der Waals surface area contributed by atoms with E-state index in [9.17, 15) is 24.2 Å². The van der Waals surface area contributed by atoms with Crippen LogP contribution in [-0.2, 0) is 32.7 Å². The first-order valence-corrected chi connectivity index (χ1v) is 22.9. The fraction of sp³-hybridized carbons (Fsp3) is 0.773. The first-order valence-electron chi connectivity index (χ1n) is 21.4. The molecule has 0 aromatic carbocycles. The molecular formula is C44H80NO9P. The summed E-state index contributed by atoms with van der Waals surface area (Å²) in [6, 6.07) is 0. The summed E-state index contributed by atoms with van der Waals surface area (Å²) in [5, 5.41) is 9.82. The van der Waals surface area contributed by atoms with Crippen LogP contribution >= 0.6 is 7.82 Å². The zero-order valence-electron chi connectivity index (χ0n) is 35.5. The Morgan fingerprint density at radius 3 is 1.73 bits per heavy atom. The lowest BCUT2D eigenvalue weighted by Gasteiger charge is -2.28. The number of aliphatic hydroxyl groups excluding tert-OH is 1. The van der Waals surface area contributed by atoms with Crippen LogP contribution in [0.15, 0.2) is 48.6 Å². The molecule has 1 N–H and O–H groups in total. The smallest absolute Gasteiger partial charge is 0.306 e. The molecule has 0 aliphatic carbocycles. The summed E-state index contributed by atoms with van der Waals surface area (Å²) < 4.78 is 33.8. The Morgan fingerprint density at radius 2 is 1.16 bits per heavy atom. The fourth-order valence-electron chi connectivity index (χ4n) is 5.49. The number of aliphatic hydroxyl groups is 1. The van der Waals surface area contributed by atoms with Crippen LogP contribution in [0.1, 0.15) is 162 Å². The topological polar surface area (TPSA) is 131 Å². The highest BCUT2D eigenvalue weighted by atomic mass is 31.2. The van der Waals surface area contributed by atoms with Gasteiger partial charge in [0.15, 0.2) is 6.10 Å². The van der Waals surface area contributed by atoms with Crippen LogP contribution in [0.4, 0.5) is 0 Å². The number of nitrogens with zero attached hydrogens (tertiary/aromatic N) is 1. The van der Waals surface area contributed by atoms with E-state index < -0.39 is 32.5 Å². The van der Waals surface area contributed by atoms with Crippen molar-refractivity contribution < 1.29 is 47.2 Å². The summed E-state index contributed by atoms with van der Waals surface area (Å²) >= 11 is 0. The standard InChI is InChI=1S/C44H80NO9P/c1-6-8-10-11-12-13-14-15-19-22-25-28-31-35-43(47)51-39-42(40-53-55(49,50)52-38-37-45(3,4)5)54-44(48)36-32-29-26-23-20-17-16-18-21-24-27-30-34-41(46)33-9-7-2/h16-17,21,23-24,26,30,34,41-42,46H,6-15,18-20,22,25,27-29,31-33,35-40H2,1-5H3/b17-16-,24-21-,26-23-,34-30-/t41-,42-/m1/s1. The normalized spacial score (nSPS) is 14.7. The van der Waals surface area contributed by atoms with Gasteiger partial charge in [0.2, 0.25) is 0 Å². The molecule has 3 atom stereocenters. The maximum atomic E-state index is 12.6. The minimum Gasteiger partial charge on any atom is -0.756 e. The van der Waals surface area contributed by atoms with Crippen LogP contribution in [0.2, 0.25) is 0 Å². The SMILES string of the molecule is CCCCCCCCCCCCCCCC(=O)OC[C@H](COP(=O)([O-])OCC[N+](C)(C)C)OC(=O)CCC/C=C\C/C=C\C/C=C\C/C=C\[C@H](O)CCCC. The van der Waals surface area contributed by atoms with E-state index in [2.05, 4.69) is 38.2 Å². The molecule has 10 nitrogen and oxygen atoms in total. The molecule has 0 aliphatic heterocycles. The Balaban J connectivity index is 4.51. The van der Waals surface area contributed by atoms with Gasteiger partial charge in [-0.05, 0) is 44.9 Å². The van der Waals surface area contributed by atoms with Crippen molar-refractivity contribution in [2.75, 3.05) is 47.5 Å². The molecule has 0 bridgehead atoms. The minimum atomic E-state index is -4.65. The molecule has 0 spiro atoms. The van der Waals surface area contributed by atoms with Gasteiger partial charge in [-0.2, -0.15) is 0 Å². The summed E-state index contributed by atoms with van der Waals surface area (Å²) in [4.78, 5) is 37.4. The minimum absolute atomic E-state index is 0.0488. The molecule has 0 radical (unpaired) electrons. The first-order chi connectivity index (χ1) is 26.4. The summed E-state index contributed by atoms with van der Waals surface area (Å²) in [5.41, 5.74) is 0. The lowest BCUT2D eigenvalue weighted by Crippen LogP contribution is -2.37. The second kappa shape index (κ2) is 36.3. The Kier molecular flexibility index (Phi) is 34.9. The molecule has 320 valence electrons. The number of ether oxygens (including phenoxy) is 2. The molecule has 1 unspecified atom stereocenters. The first kappa shape index (κ1) is 52.9. The number of phosphoric acid groups is 1. The highest BCUT2D eigenvalue weighted by molar-refractivity contribution is 7.45. The van der Waals surface area contributed by atoms with Crippen LogP contribution in [0.5, 0.6) is 0 Å². The summed E-state index contributed by atoms with van der Waals surface area (Å²) in [6.45, 7) is 3.98. The zero-order chi connectivity index (χ0) is 40.9. The number of likely N-dealkylation sites (N-methyl/N-ethyl adjacent to an activating group) is 1. The fourth-order valence-corrected chi connectivity index (χ4v) is 6.22. The van der Waals surface area contributed by atoms with Crippen LogP contribution in [0, 0.1) is 0 Å². The van der Waals surface area contributed by atoms with Crippen molar-refractivity contribution in [3.63, 3.8) is 0 Å². The van der Waals surface area contributed by atoms with Crippen molar-refractivity contribution >= 4 is 19.8 Å². The number of phosphoric ester groups is 1. The molecule has 0 saturated carbocycles. The van der Waals surface area contributed by atoms with E-state index in [1.54, 1.807) is 0 Å². The van der Waals surface area contributed by atoms with E-state index >= 15 is 0 Å². The summed E-state index contributed by atoms with van der Waals surface area (Å²) in [7, 11) is 1.10. The Hall–Kier alpha value is -2.07. The van der Waals surface area contributed by atoms with Gasteiger partial charge in [-0.25, -0.2) is 0 Å². The average molecular weight is 798 g/mol. The van der Waals surface area contributed by atoms with Crippen LogP contribution < -0.4 is 4.89 Å². The highest BCUT2D eigenvalue weighted by Gasteiger charge is 2.21. The van der Waals surface area contributed by atoms with E-state index in [1.807, 2.05) is 45.4 Å². The second-order valence-corrected chi connectivity index (χ2v) is 16.9. The van der Waals surface area contributed by atoms with Crippen molar-refractivity contribution in [2.45, 2.75) is 174 Å². The molecule has 11 heteroatoms. The molecule has 55 heavy (non-hydrogen) atoms. The van der Waals surface area contributed by atoms with Crippen LogP contribution in [-0.4, -0.2) is 81.2 Å². The number of unbranched alkanes of at least 4 members (excludes halogenated alkanes) is 14. The Bertz CT molecular complexity index is 1100. The Labute approximate surface area is 336 Å². The maximum Gasteiger partial charge on any atom is 0.306 e. The number of carbonyl (C=O) groups is 2. The third-order valence-electron chi connectivity index (χ3n) is 8.92. The number of quaternary nitrogens is 1. The van der Waals surface area contributed by atoms with E-state index in [1.165, 1.54) is 64.2 Å². The molecule has 0 aliphatic rings. The zero-order valence-corrected chi connectivity index (χ0v) is 36.4. The van der Waals surface area contributed by atoms with Gasteiger partial charge in [0.05, 0.1) is 33.9 Å². The molecule has 0 aromatic heterocycles.